The van der Waals surface area contributed by atoms with Crippen molar-refractivity contribution in [1.29, 1.82) is 0 Å². The maximum atomic E-state index is 6.17. The lowest BCUT2D eigenvalue weighted by Crippen LogP contribution is -2.36. The number of nitrogens with two attached hydrogens (primary N) is 1. The summed E-state index contributed by atoms with van der Waals surface area (Å²) in [7, 11) is 2.11. The summed E-state index contributed by atoms with van der Waals surface area (Å²) < 4.78 is 1.14. The summed E-state index contributed by atoms with van der Waals surface area (Å²) in [5.74, 6) is 0. The van der Waals surface area contributed by atoms with Gasteiger partial charge in [0.2, 0.25) is 0 Å². The van der Waals surface area contributed by atoms with Crippen LogP contribution in [0.25, 0.3) is 0 Å². The van der Waals surface area contributed by atoms with Gasteiger partial charge in [-0.1, -0.05) is 0 Å². The molecule has 2 atom stereocenters. The van der Waals surface area contributed by atoms with E-state index in [2.05, 4.69) is 51.9 Å². The van der Waals surface area contributed by atoms with Crippen LogP contribution < -0.4 is 5.73 Å². The zero-order chi connectivity index (χ0) is 13.8. The van der Waals surface area contributed by atoms with Crippen LogP contribution in [-0.4, -0.2) is 23.0 Å². The average Bonchev–Trinajstić information content (AvgIpc) is 2.76. The molecular formula is C14H18BrN3S. The van der Waals surface area contributed by atoms with Crippen LogP contribution in [0.3, 0.4) is 0 Å². The van der Waals surface area contributed by atoms with Crippen LogP contribution in [-0.2, 0) is 6.54 Å². The fourth-order valence-electron chi connectivity index (χ4n) is 2.24. The van der Waals surface area contributed by atoms with Gasteiger partial charge in [-0.2, -0.15) is 0 Å². The number of nitrogens with zero attached hydrogens (tertiary/aromatic N) is 2. The predicted molar refractivity (Wildman–Crippen MR) is 84.1 cm³/mol. The standard InChI is InChI=1S/C14H18BrN3S/c1-10(16)14(12-3-4-13(15)19-12)18(2)9-11-5-7-17-8-6-11/h3-8,10,14H,9,16H2,1-2H3. The first-order valence-corrected chi connectivity index (χ1v) is 7.79. The van der Waals surface area contributed by atoms with Crippen molar-refractivity contribution in [2.75, 3.05) is 7.05 Å². The lowest BCUT2D eigenvalue weighted by Gasteiger charge is -2.30. The van der Waals surface area contributed by atoms with Gasteiger partial charge in [0.1, 0.15) is 0 Å². The number of halogens is 1. The Morgan fingerprint density at radius 2 is 2.00 bits per heavy atom. The second-order valence-corrected chi connectivity index (χ2v) is 7.21. The first kappa shape index (κ1) is 14.7. The van der Waals surface area contributed by atoms with Crippen LogP contribution >= 0.6 is 27.3 Å². The van der Waals surface area contributed by atoms with E-state index in [4.69, 9.17) is 5.73 Å². The molecule has 3 nitrogen and oxygen atoms in total. The Bertz CT molecular complexity index is 512. The molecule has 19 heavy (non-hydrogen) atoms. The van der Waals surface area contributed by atoms with Gasteiger partial charge in [-0.15, -0.1) is 11.3 Å². The Hall–Kier alpha value is -0.750. The fraction of sp³-hybridized carbons (Fsp3) is 0.357. The molecule has 0 saturated carbocycles. The van der Waals surface area contributed by atoms with Gasteiger partial charge in [0.05, 0.1) is 9.83 Å². The highest BCUT2D eigenvalue weighted by Gasteiger charge is 2.22. The zero-order valence-corrected chi connectivity index (χ0v) is 13.5. The van der Waals surface area contributed by atoms with Crippen LogP contribution in [0.1, 0.15) is 23.4 Å². The molecule has 5 heteroatoms. The number of likely N-dealkylation sites (N-methyl/N-ethyl adjacent to an activating group) is 1. The van der Waals surface area contributed by atoms with E-state index in [1.807, 2.05) is 24.5 Å². The van der Waals surface area contributed by atoms with Crippen molar-refractivity contribution in [3.8, 4) is 0 Å². The first-order chi connectivity index (χ1) is 9.08. The van der Waals surface area contributed by atoms with Gasteiger partial charge in [-0.05, 0) is 59.7 Å². The summed E-state index contributed by atoms with van der Waals surface area (Å²) in [5.41, 5.74) is 7.42. The maximum absolute atomic E-state index is 6.17. The summed E-state index contributed by atoms with van der Waals surface area (Å²) >= 11 is 5.26. The molecule has 0 fully saturated rings. The van der Waals surface area contributed by atoms with E-state index < -0.39 is 0 Å². The van der Waals surface area contributed by atoms with Crippen molar-refractivity contribution in [3.05, 3.63) is 50.9 Å². The van der Waals surface area contributed by atoms with E-state index >= 15 is 0 Å². The SMILES string of the molecule is CC(N)C(c1ccc(Br)s1)N(C)Cc1ccncc1. The van der Waals surface area contributed by atoms with Gasteiger partial charge < -0.3 is 5.73 Å². The minimum atomic E-state index is 0.0809. The largest absolute Gasteiger partial charge is 0.326 e. The summed E-state index contributed by atoms with van der Waals surface area (Å²) in [6.07, 6.45) is 3.65. The minimum Gasteiger partial charge on any atom is -0.326 e. The van der Waals surface area contributed by atoms with Crippen molar-refractivity contribution in [2.24, 2.45) is 5.73 Å². The molecular weight excluding hydrogens is 322 g/mol. The molecule has 2 aromatic rings. The molecule has 2 aromatic heterocycles. The Morgan fingerprint density at radius 1 is 1.32 bits per heavy atom. The van der Waals surface area contributed by atoms with E-state index in [1.54, 1.807) is 11.3 Å². The van der Waals surface area contributed by atoms with E-state index in [-0.39, 0.29) is 12.1 Å². The average molecular weight is 340 g/mol. The van der Waals surface area contributed by atoms with Gasteiger partial charge in [0.25, 0.3) is 0 Å². The van der Waals surface area contributed by atoms with E-state index in [0.717, 1.165) is 10.3 Å². The maximum Gasteiger partial charge on any atom is 0.0702 e. The zero-order valence-electron chi connectivity index (χ0n) is 11.1. The van der Waals surface area contributed by atoms with Crippen molar-refractivity contribution in [1.82, 2.24) is 9.88 Å². The third kappa shape index (κ3) is 3.86. The van der Waals surface area contributed by atoms with E-state index in [0.29, 0.717) is 0 Å². The molecule has 2 unspecified atom stereocenters. The Balaban J connectivity index is 2.15. The molecule has 0 amide bonds. The van der Waals surface area contributed by atoms with E-state index in [9.17, 15) is 0 Å². The molecule has 102 valence electrons. The molecule has 0 aliphatic heterocycles. The number of rotatable bonds is 5. The topological polar surface area (TPSA) is 42.1 Å². The van der Waals surface area contributed by atoms with Crippen LogP contribution in [0.4, 0.5) is 0 Å². The Labute approximate surface area is 126 Å². The predicted octanol–water partition coefficient (Wildman–Crippen LogP) is 3.43. The monoisotopic (exact) mass is 339 g/mol. The molecule has 0 radical (unpaired) electrons. The van der Waals surface area contributed by atoms with Crippen molar-refractivity contribution in [3.63, 3.8) is 0 Å². The fourth-order valence-corrected chi connectivity index (χ4v) is 3.95. The molecule has 0 bridgehead atoms. The normalized spacial score (nSPS) is 14.6. The summed E-state index contributed by atoms with van der Waals surface area (Å²) in [6.45, 7) is 2.92. The van der Waals surface area contributed by atoms with Crippen LogP contribution in [0, 0.1) is 0 Å². The molecule has 0 aromatic carbocycles. The van der Waals surface area contributed by atoms with Crippen LogP contribution in [0.2, 0.25) is 0 Å². The van der Waals surface area contributed by atoms with E-state index in [1.165, 1.54) is 10.4 Å². The number of pyridine rings is 1. The minimum absolute atomic E-state index is 0.0809. The molecule has 0 spiro atoms. The highest BCUT2D eigenvalue weighted by Crippen LogP contribution is 2.32. The van der Waals surface area contributed by atoms with Crippen molar-refractivity contribution >= 4 is 27.3 Å². The van der Waals surface area contributed by atoms with Gasteiger partial charge in [0, 0.05) is 29.9 Å². The lowest BCUT2D eigenvalue weighted by atomic mass is 10.1. The third-order valence-corrected chi connectivity index (χ3v) is 4.73. The molecule has 2 rings (SSSR count). The van der Waals surface area contributed by atoms with Crippen molar-refractivity contribution in [2.45, 2.75) is 25.6 Å². The first-order valence-electron chi connectivity index (χ1n) is 6.18. The number of thiophene rings is 1. The summed E-state index contributed by atoms with van der Waals surface area (Å²) in [4.78, 5) is 7.63. The summed E-state index contributed by atoms with van der Waals surface area (Å²) in [5, 5.41) is 0. The highest BCUT2D eigenvalue weighted by atomic mass is 79.9. The van der Waals surface area contributed by atoms with Crippen molar-refractivity contribution < 1.29 is 0 Å². The quantitative estimate of drug-likeness (QED) is 0.907. The number of hydrogen-bond acceptors (Lipinski definition) is 4. The van der Waals surface area contributed by atoms with Gasteiger partial charge in [0.15, 0.2) is 0 Å². The lowest BCUT2D eigenvalue weighted by molar-refractivity contribution is 0.214. The number of aromatic nitrogens is 1. The third-order valence-electron chi connectivity index (χ3n) is 3.04. The summed E-state index contributed by atoms with van der Waals surface area (Å²) in [6, 6.07) is 8.61. The number of hydrogen-bond donors (Lipinski definition) is 1. The van der Waals surface area contributed by atoms with Gasteiger partial charge >= 0.3 is 0 Å². The van der Waals surface area contributed by atoms with Gasteiger partial charge in [-0.3, -0.25) is 9.88 Å². The molecule has 0 aliphatic carbocycles. The van der Waals surface area contributed by atoms with Gasteiger partial charge in [-0.25, -0.2) is 0 Å². The van der Waals surface area contributed by atoms with Crippen LogP contribution in [0.5, 0.6) is 0 Å². The molecule has 0 saturated heterocycles. The Kier molecular flexibility index (Phi) is 5.10. The Morgan fingerprint density at radius 3 is 2.53 bits per heavy atom. The smallest absolute Gasteiger partial charge is 0.0702 e. The second kappa shape index (κ2) is 6.61. The molecule has 0 aliphatic rings. The second-order valence-electron chi connectivity index (χ2n) is 4.72. The van der Waals surface area contributed by atoms with Crippen LogP contribution in [0.15, 0.2) is 40.4 Å². The molecule has 2 heterocycles. The highest BCUT2D eigenvalue weighted by molar-refractivity contribution is 9.11. The molecule has 2 N–H and O–H groups in total.